The first-order valence-electron chi connectivity index (χ1n) is 7.14. The molecule has 1 aromatic carbocycles. The van der Waals surface area contributed by atoms with Crippen LogP contribution in [-0.4, -0.2) is 27.6 Å². The third kappa shape index (κ3) is 1.95. The van der Waals surface area contributed by atoms with Crippen LogP contribution >= 0.6 is 23.2 Å². The molecule has 3 heterocycles. The first-order chi connectivity index (χ1) is 9.76. The molecule has 2 saturated heterocycles. The van der Waals surface area contributed by atoms with Gasteiger partial charge in [0.25, 0.3) is 0 Å². The Morgan fingerprint density at radius 1 is 1.35 bits per heavy atom. The Morgan fingerprint density at radius 2 is 2.25 bits per heavy atom. The summed E-state index contributed by atoms with van der Waals surface area (Å²) in [6.45, 7) is 0. The lowest BCUT2D eigenvalue weighted by Crippen LogP contribution is -2.22. The molecule has 1 aromatic heterocycles. The van der Waals surface area contributed by atoms with Gasteiger partial charge < -0.3 is 9.30 Å². The first kappa shape index (κ1) is 12.9. The van der Waals surface area contributed by atoms with Gasteiger partial charge in [0, 0.05) is 17.3 Å². The van der Waals surface area contributed by atoms with Gasteiger partial charge in [-0.25, -0.2) is 4.98 Å². The normalized spacial score (nSPS) is 28.6. The lowest BCUT2D eigenvalue weighted by atomic mass is 9.95. The molecule has 0 saturated carbocycles. The lowest BCUT2D eigenvalue weighted by Gasteiger charge is -2.23. The van der Waals surface area contributed by atoms with E-state index >= 15 is 0 Å². The van der Waals surface area contributed by atoms with E-state index in [0.717, 1.165) is 41.1 Å². The summed E-state index contributed by atoms with van der Waals surface area (Å²) >= 11 is 12.0. The Balaban J connectivity index is 1.85. The summed E-state index contributed by atoms with van der Waals surface area (Å²) in [6, 6.07) is 6.33. The van der Waals surface area contributed by atoms with Gasteiger partial charge in [-0.2, -0.15) is 0 Å². The van der Waals surface area contributed by atoms with Crippen LogP contribution in [0, 0.1) is 0 Å². The van der Waals surface area contributed by atoms with Gasteiger partial charge in [-0.3, -0.25) is 0 Å². The molecule has 3 unspecified atom stereocenters. The van der Waals surface area contributed by atoms with Gasteiger partial charge >= 0.3 is 0 Å². The maximum Gasteiger partial charge on any atom is 0.111 e. The Hall–Kier alpha value is -0.770. The van der Waals surface area contributed by atoms with Crippen molar-refractivity contribution in [3.8, 4) is 0 Å². The van der Waals surface area contributed by atoms with Gasteiger partial charge in [0.2, 0.25) is 0 Å². The second-order valence-corrected chi connectivity index (χ2v) is 6.46. The first-order valence-corrected chi connectivity index (χ1v) is 8.05. The zero-order valence-corrected chi connectivity index (χ0v) is 12.6. The summed E-state index contributed by atoms with van der Waals surface area (Å²) < 4.78 is 8.35. The van der Waals surface area contributed by atoms with Crippen molar-refractivity contribution in [1.29, 1.82) is 0 Å². The van der Waals surface area contributed by atoms with Gasteiger partial charge in [-0.1, -0.05) is 11.6 Å². The molecule has 3 atom stereocenters. The van der Waals surface area contributed by atoms with E-state index in [1.807, 2.05) is 12.1 Å². The summed E-state index contributed by atoms with van der Waals surface area (Å²) in [7, 11) is 0. The van der Waals surface area contributed by atoms with Crippen LogP contribution in [0.4, 0.5) is 0 Å². The number of rotatable bonds is 3. The maximum absolute atomic E-state index is 6.08. The number of hydrogen-bond donors (Lipinski definition) is 0. The van der Waals surface area contributed by atoms with E-state index in [1.165, 1.54) is 6.42 Å². The third-order valence-electron chi connectivity index (χ3n) is 4.45. The highest BCUT2D eigenvalue weighted by atomic mass is 35.5. The number of benzene rings is 1. The molecule has 4 rings (SSSR count). The summed E-state index contributed by atoms with van der Waals surface area (Å²) in [5.41, 5.74) is 2.11. The molecule has 0 radical (unpaired) electrons. The Labute approximate surface area is 127 Å². The molecule has 20 heavy (non-hydrogen) atoms. The minimum Gasteiger partial charge on any atom is -0.373 e. The molecule has 0 spiro atoms. The molecule has 2 fully saturated rings. The van der Waals surface area contributed by atoms with Gasteiger partial charge in [0.15, 0.2) is 0 Å². The average molecular weight is 311 g/mol. The lowest BCUT2D eigenvalue weighted by molar-refractivity contribution is 0.0940. The molecule has 2 aliphatic heterocycles. The average Bonchev–Trinajstić information content (AvgIpc) is 3.11. The SMILES string of the molecule is ClCCc1nc2cc(Cl)ccc2n1C1CC2CCC1O2. The molecule has 2 bridgehead atoms. The molecular formula is C15H16Cl2N2O. The van der Waals surface area contributed by atoms with E-state index in [4.69, 9.17) is 32.9 Å². The minimum absolute atomic E-state index is 0.335. The van der Waals surface area contributed by atoms with Crippen LogP contribution in [0.1, 0.15) is 31.1 Å². The quantitative estimate of drug-likeness (QED) is 0.802. The summed E-state index contributed by atoms with van der Waals surface area (Å²) in [5.74, 6) is 1.64. The number of aryl methyl sites for hydroxylation is 1. The van der Waals surface area contributed by atoms with Gasteiger partial charge in [0.05, 0.1) is 29.3 Å². The van der Waals surface area contributed by atoms with Crippen LogP contribution < -0.4 is 0 Å². The number of halogens is 2. The van der Waals surface area contributed by atoms with Crippen LogP contribution in [-0.2, 0) is 11.2 Å². The minimum atomic E-state index is 0.335. The van der Waals surface area contributed by atoms with Crippen molar-refractivity contribution in [1.82, 2.24) is 9.55 Å². The Morgan fingerprint density at radius 3 is 2.95 bits per heavy atom. The monoisotopic (exact) mass is 310 g/mol. The number of ether oxygens (including phenoxy) is 1. The predicted octanol–water partition coefficient (Wildman–Crippen LogP) is 3.96. The maximum atomic E-state index is 6.08. The molecule has 2 aromatic rings. The van der Waals surface area contributed by atoms with Crippen LogP contribution in [0.15, 0.2) is 18.2 Å². The number of imidazole rings is 1. The molecule has 0 aliphatic carbocycles. The molecular weight excluding hydrogens is 295 g/mol. The van der Waals surface area contributed by atoms with E-state index < -0.39 is 0 Å². The predicted molar refractivity (Wildman–Crippen MR) is 80.7 cm³/mol. The van der Waals surface area contributed by atoms with Gasteiger partial charge in [-0.15, -0.1) is 11.6 Å². The zero-order chi connectivity index (χ0) is 13.7. The standard InChI is InChI=1S/C15H16Cl2N2O/c16-6-5-15-18-11-7-9(17)1-3-12(11)19(15)13-8-10-2-4-14(13)20-10/h1,3,7,10,13-14H,2,4-6,8H2. The fourth-order valence-electron chi connectivity index (χ4n) is 3.64. The second-order valence-electron chi connectivity index (χ2n) is 5.65. The molecule has 2 aliphatic rings. The molecule has 0 amide bonds. The fourth-order valence-corrected chi connectivity index (χ4v) is 3.97. The number of hydrogen-bond acceptors (Lipinski definition) is 2. The van der Waals surface area contributed by atoms with Crippen molar-refractivity contribution >= 4 is 34.2 Å². The van der Waals surface area contributed by atoms with Crippen LogP contribution in [0.5, 0.6) is 0 Å². The van der Waals surface area contributed by atoms with Crippen molar-refractivity contribution in [3.05, 3.63) is 29.0 Å². The van der Waals surface area contributed by atoms with Crippen LogP contribution in [0.25, 0.3) is 11.0 Å². The molecule has 3 nitrogen and oxygen atoms in total. The van der Waals surface area contributed by atoms with Crippen LogP contribution in [0.3, 0.4) is 0 Å². The smallest absolute Gasteiger partial charge is 0.111 e. The molecule has 0 N–H and O–H groups in total. The zero-order valence-electron chi connectivity index (χ0n) is 11.1. The second kappa shape index (κ2) is 4.90. The van der Waals surface area contributed by atoms with Crippen molar-refractivity contribution in [2.75, 3.05) is 5.88 Å². The van der Waals surface area contributed by atoms with E-state index in [2.05, 4.69) is 10.6 Å². The molecule has 106 valence electrons. The highest BCUT2D eigenvalue weighted by Gasteiger charge is 2.42. The van der Waals surface area contributed by atoms with E-state index in [0.29, 0.717) is 24.1 Å². The van der Waals surface area contributed by atoms with E-state index in [1.54, 1.807) is 0 Å². The van der Waals surface area contributed by atoms with Gasteiger partial charge in [0.1, 0.15) is 5.82 Å². The number of aromatic nitrogens is 2. The number of fused-ring (bicyclic) bond motifs is 3. The van der Waals surface area contributed by atoms with Gasteiger partial charge in [-0.05, 0) is 37.5 Å². The number of nitrogens with zero attached hydrogens (tertiary/aromatic N) is 2. The van der Waals surface area contributed by atoms with E-state index in [-0.39, 0.29) is 0 Å². The fraction of sp³-hybridized carbons (Fsp3) is 0.533. The topological polar surface area (TPSA) is 27.1 Å². The Kier molecular flexibility index (Phi) is 3.17. The third-order valence-corrected chi connectivity index (χ3v) is 4.87. The summed E-state index contributed by atoms with van der Waals surface area (Å²) in [6.07, 6.45) is 4.99. The highest BCUT2D eigenvalue weighted by Crippen LogP contribution is 2.43. The number of alkyl halides is 1. The van der Waals surface area contributed by atoms with Crippen molar-refractivity contribution < 1.29 is 4.74 Å². The van der Waals surface area contributed by atoms with Crippen molar-refractivity contribution in [2.45, 2.75) is 43.9 Å². The summed E-state index contributed by atoms with van der Waals surface area (Å²) in [5, 5.41) is 0.726. The van der Waals surface area contributed by atoms with Crippen LogP contribution in [0.2, 0.25) is 5.02 Å². The van der Waals surface area contributed by atoms with Crippen molar-refractivity contribution in [2.24, 2.45) is 0 Å². The largest absolute Gasteiger partial charge is 0.373 e. The molecule has 5 heteroatoms. The highest BCUT2D eigenvalue weighted by molar-refractivity contribution is 6.31. The summed E-state index contributed by atoms with van der Waals surface area (Å²) in [4.78, 5) is 4.73. The van der Waals surface area contributed by atoms with E-state index in [9.17, 15) is 0 Å². The van der Waals surface area contributed by atoms with Crippen molar-refractivity contribution in [3.63, 3.8) is 0 Å². The Bertz CT molecular complexity index is 655.